The molecule has 1 atom stereocenters. The van der Waals surface area contributed by atoms with Crippen molar-refractivity contribution in [2.24, 2.45) is 0 Å². The maximum absolute atomic E-state index is 5.68. The van der Waals surface area contributed by atoms with E-state index in [1.807, 2.05) is 24.3 Å². The predicted octanol–water partition coefficient (Wildman–Crippen LogP) is 1.39. The highest BCUT2D eigenvalue weighted by Gasteiger charge is 2.01. The van der Waals surface area contributed by atoms with Crippen molar-refractivity contribution in [2.45, 2.75) is 19.8 Å². The second kappa shape index (κ2) is 7.96. The van der Waals surface area contributed by atoms with Gasteiger partial charge in [0.25, 0.3) is 0 Å². The zero-order chi connectivity index (χ0) is 12.5. The molecule has 96 valence electrons. The molecule has 0 spiro atoms. The minimum Gasteiger partial charge on any atom is -0.497 e. The summed E-state index contributed by atoms with van der Waals surface area (Å²) in [5.74, 6) is 1.78. The fraction of sp³-hybridized carbons (Fsp3) is 0.571. The molecule has 0 saturated heterocycles. The number of likely N-dealkylation sites (N-methyl/N-ethyl adjacent to an activating group) is 1. The predicted molar refractivity (Wildman–Crippen MR) is 70.0 cm³/mol. The number of hydrogen-bond acceptors (Lipinski definition) is 2. The highest BCUT2D eigenvalue weighted by molar-refractivity contribution is 5.30. The Bertz CT molecular complexity index is 298. The molecule has 1 N–H and O–H groups in total. The number of rotatable bonds is 8. The van der Waals surface area contributed by atoms with Crippen LogP contribution >= 0.6 is 0 Å². The lowest BCUT2D eigenvalue weighted by Crippen LogP contribution is -3.09. The first-order valence-electron chi connectivity index (χ1n) is 6.34. The van der Waals surface area contributed by atoms with Crippen molar-refractivity contribution in [3.8, 4) is 11.5 Å². The van der Waals surface area contributed by atoms with Crippen molar-refractivity contribution >= 4 is 0 Å². The maximum atomic E-state index is 5.68. The standard InChI is InChI=1S/C14H23NO2/c1-4-5-10-15(2)11-12-17-14-8-6-13(16-3)7-9-14/h6-9H,4-5,10-12H2,1-3H3/p+1. The summed E-state index contributed by atoms with van der Waals surface area (Å²) in [6, 6.07) is 7.73. The molecule has 1 aromatic rings. The van der Waals surface area contributed by atoms with Crippen LogP contribution in [0.15, 0.2) is 24.3 Å². The molecule has 1 unspecified atom stereocenters. The van der Waals surface area contributed by atoms with Crippen LogP contribution in [0.1, 0.15) is 19.8 Å². The fourth-order valence-electron chi connectivity index (χ4n) is 1.62. The largest absolute Gasteiger partial charge is 0.497 e. The van der Waals surface area contributed by atoms with Gasteiger partial charge in [0.1, 0.15) is 24.7 Å². The molecule has 1 rings (SSSR count). The van der Waals surface area contributed by atoms with Crippen molar-refractivity contribution in [2.75, 3.05) is 33.9 Å². The molecule has 0 aliphatic heterocycles. The number of nitrogens with one attached hydrogen (secondary N) is 1. The van der Waals surface area contributed by atoms with E-state index in [9.17, 15) is 0 Å². The van der Waals surface area contributed by atoms with E-state index < -0.39 is 0 Å². The van der Waals surface area contributed by atoms with Crippen LogP contribution in [-0.4, -0.2) is 33.9 Å². The number of hydrogen-bond donors (Lipinski definition) is 1. The molecule has 0 heterocycles. The Hall–Kier alpha value is -1.22. The van der Waals surface area contributed by atoms with Gasteiger partial charge < -0.3 is 14.4 Å². The Morgan fingerprint density at radius 3 is 2.29 bits per heavy atom. The van der Waals surface area contributed by atoms with Gasteiger partial charge in [-0.1, -0.05) is 13.3 Å². The number of unbranched alkanes of at least 4 members (excludes halogenated alkanes) is 1. The fourth-order valence-corrected chi connectivity index (χ4v) is 1.62. The molecule has 0 saturated carbocycles. The molecule has 3 nitrogen and oxygen atoms in total. The minimum absolute atomic E-state index is 0.766. The van der Waals surface area contributed by atoms with Crippen LogP contribution in [0.3, 0.4) is 0 Å². The first-order valence-corrected chi connectivity index (χ1v) is 6.34. The van der Waals surface area contributed by atoms with Crippen molar-refractivity contribution in [1.82, 2.24) is 0 Å². The maximum Gasteiger partial charge on any atom is 0.137 e. The molecule has 1 aromatic carbocycles. The van der Waals surface area contributed by atoms with Crippen LogP contribution in [0.25, 0.3) is 0 Å². The highest BCUT2D eigenvalue weighted by atomic mass is 16.5. The third kappa shape index (κ3) is 5.59. The highest BCUT2D eigenvalue weighted by Crippen LogP contribution is 2.16. The number of ether oxygens (including phenoxy) is 2. The lowest BCUT2D eigenvalue weighted by molar-refractivity contribution is -0.879. The van der Waals surface area contributed by atoms with Gasteiger partial charge in [0.15, 0.2) is 0 Å². The van der Waals surface area contributed by atoms with E-state index in [2.05, 4.69) is 14.0 Å². The summed E-state index contributed by atoms with van der Waals surface area (Å²) in [4.78, 5) is 1.53. The molecule has 0 aliphatic rings. The van der Waals surface area contributed by atoms with Crippen LogP contribution in [0.2, 0.25) is 0 Å². The zero-order valence-electron chi connectivity index (χ0n) is 11.2. The van der Waals surface area contributed by atoms with Gasteiger partial charge in [0.05, 0.1) is 20.7 Å². The van der Waals surface area contributed by atoms with Crippen LogP contribution in [0.4, 0.5) is 0 Å². The van der Waals surface area contributed by atoms with Crippen LogP contribution < -0.4 is 14.4 Å². The second-order valence-electron chi connectivity index (χ2n) is 4.33. The molecule has 0 radical (unpaired) electrons. The summed E-state index contributed by atoms with van der Waals surface area (Å²) >= 11 is 0. The van der Waals surface area contributed by atoms with Crippen molar-refractivity contribution < 1.29 is 14.4 Å². The summed E-state index contributed by atoms with van der Waals surface area (Å²) in [5, 5.41) is 0. The topological polar surface area (TPSA) is 22.9 Å². The first-order chi connectivity index (χ1) is 8.26. The van der Waals surface area contributed by atoms with Crippen molar-refractivity contribution in [1.29, 1.82) is 0 Å². The molecular formula is C14H24NO2+. The number of quaternary nitrogens is 1. The van der Waals surface area contributed by atoms with Gasteiger partial charge in [-0.05, 0) is 30.7 Å². The van der Waals surface area contributed by atoms with E-state index in [-0.39, 0.29) is 0 Å². The van der Waals surface area contributed by atoms with Gasteiger partial charge in [0.2, 0.25) is 0 Å². The average molecular weight is 238 g/mol. The Labute approximate surface area is 104 Å². The average Bonchev–Trinajstić information content (AvgIpc) is 2.37. The number of benzene rings is 1. The lowest BCUT2D eigenvalue weighted by atomic mass is 10.3. The summed E-state index contributed by atoms with van der Waals surface area (Å²) in [6.45, 7) is 5.26. The number of methoxy groups -OCH3 is 1. The molecule has 3 heteroatoms. The molecule has 0 aromatic heterocycles. The van der Waals surface area contributed by atoms with Gasteiger partial charge in [-0.3, -0.25) is 0 Å². The smallest absolute Gasteiger partial charge is 0.137 e. The second-order valence-corrected chi connectivity index (χ2v) is 4.33. The van der Waals surface area contributed by atoms with E-state index in [4.69, 9.17) is 9.47 Å². The molecule has 0 aliphatic carbocycles. The minimum atomic E-state index is 0.766. The zero-order valence-corrected chi connectivity index (χ0v) is 11.2. The van der Waals surface area contributed by atoms with Gasteiger partial charge >= 0.3 is 0 Å². The third-order valence-electron chi connectivity index (χ3n) is 2.81. The molecule has 0 bridgehead atoms. The Kier molecular flexibility index (Phi) is 6.48. The SMILES string of the molecule is CCCC[NH+](C)CCOc1ccc(OC)cc1. The molecule has 17 heavy (non-hydrogen) atoms. The van der Waals surface area contributed by atoms with E-state index in [1.165, 1.54) is 24.3 Å². The van der Waals surface area contributed by atoms with E-state index >= 15 is 0 Å². The van der Waals surface area contributed by atoms with Gasteiger partial charge in [0, 0.05) is 0 Å². The summed E-state index contributed by atoms with van der Waals surface area (Å²) in [5.41, 5.74) is 0. The molecule has 0 amide bonds. The Balaban J connectivity index is 2.21. The monoisotopic (exact) mass is 238 g/mol. The van der Waals surface area contributed by atoms with Crippen molar-refractivity contribution in [3.05, 3.63) is 24.3 Å². The molecular weight excluding hydrogens is 214 g/mol. The van der Waals surface area contributed by atoms with Crippen LogP contribution in [0, 0.1) is 0 Å². The summed E-state index contributed by atoms with van der Waals surface area (Å²) in [6.07, 6.45) is 2.55. The summed E-state index contributed by atoms with van der Waals surface area (Å²) in [7, 11) is 3.88. The normalized spacial score (nSPS) is 12.2. The summed E-state index contributed by atoms with van der Waals surface area (Å²) < 4.78 is 10.8. The van der Waals surface area contributed by atoms with E-state index in [0.717, 1.165) is 24.7 Å². The molecule has 0 fully saturated rings. The van der Waals surface area contributed by atoms with Gasteiger partial charge in [-0.2, -0.15) is 0 Å². The lowest BCUT2D eigenvalue weighted by Gasteiger charge is -2.14. The van der Waals surface area contributed by atoms with Gasteiger partial charge in [-0.25, -0.2) is 0 Å². The van der Waals surface area contributed by atoms with E-state index in [1.54, 1.807) is 7.11 Å². The Morgan fingerprint density at radius 1 is 1.06 bits per heavy atom. The van der Waals surface area contributed by atoms with E-state index in [0.29, 0.717) is 0 Å². The van der Waals surface area contributed by atoms with Crippen LogP contribution in [-0.2, 0) is 0 Å². The quantitative estimate of drug-likeness (QED) is 0.739. The third-order valence-corrected chi connectivity index (χ3v) is 2.81. The van der Waals surface area contributed by atoms with Crippen molar-refractivity contribution in [3.63, 3.8) is 0 Å². The van der Waals surface area contributed by atoms with Gasteiger partial charge in [-0.15, -0.1) is 0 Å². The van der Waals surface area contributed by atoms with Crippen LogP contribution in [0.5, 0.6) is 11.5 Å². The Morgan fingerprint density at radius 2 is 1.71 bits per heavy atom. The first kappa shape index (κ1) is 13.8.